The molecule has 1 aromatic heterocycles. The molecule has 0 spiro atoms. The number of nitrogens with one attached hydrogen (secondary N) is 1. The van der Waals surface area contributed by atoms with Gasteiger partial charge in [0.25, 0.3) is 0 Å². The van der Waals surface area contributed by atoms with Crippen LogP contribution in [0.1, 0.15) is 41.9 Å². The molecule has 1 aromatic carbocycles. The van der Waals surface area contributed by atoms with E-state index in [0.717, 1.165) is 35.8 Å². The number of rotatable bonds is 6. The lowest BCUT2D eigenvalue weighted by Crippen LogP contribution is -2.25. The van der Waals surface area contributed by atoms with Crippen molar-refractivity contribution >= 4 is 11.6 Å². The molecule has 0 radical (unpaired) electrons. The van der Waals surface area contributed by atoms with Crippen molar-refractivity contribution < 1.29 is 0 Å². The van der Waals surface area contributed by atoms with Gasteiger partial charge in [0.05, 0.1) is 0 Å². The number of aryl methyl sites for hydroxylation is 2. The summed E-state index contributed by atoms with van der Waals surface area (Å²) in [5.74, 6) is 0. The summed E-state index contributed by atoms with van der Waals surface area (Å²) in [4.78, 5) is 4.59. The van der Waals surface area contributed by atoms with Crippen LogP contribution in [0.2, 0.25) is 5.02 Å². The van der Waals surface area contributed by atoms with Crippen LogP contribution < -0.4 is 5.32 Å². The highest BCUT2D eigenvalue weighted by Crippen LogP contribution is 2.25. The topological polar surface area (TPSA) is 24.9 Å². The van der Waals surface area contributed by atoms with Crippen LogP contribution in [0.25, 0.3) is 0 Å². The van der Waals surface area contributed by atoms with E-state index in [9.17, 15) is 0 Å². The third-order valence-electron chi connectivity index (χ3n) is 3.66. The van der Waals surface area contributed by atoms with E-state index in [0.29, 0.717) is 0 Å². The molecule has 3 heteroatoms. The zero-order valence-electron chi connectivity index (χ0n) is 13.0. The third-order valence-corrected chi connectivity index (χ3v) is 4.03. The minimum Gasteiger partial charge on any atom is -0.310 e. The van der Waals surface area contributed by atoms with Gasteiger partial charge in [0.15, 0.2) is 0 Å². The predicted octanol–water partition coefficient (Wildman–Crippen LogP) is 4.64. The van der Waals surface area contributed by atoms with Crippen LogP contribution in [0.3, 0.4) is 0 Å². The molecule has 0 saturated heterocycles. The van der Waals surface area contributed by atoms with Crippen LogP contribution in [0.4, 0.5) is 0 Å². The maximum Gasteiger partial charge on any atom is 0.0438 e. The number of halogens is 1. The Balaban J connectivity index is 2.27. The Hall–Kier alpha value is -1.38. The van der Waals surface area contributed by atoms with E-state index in [1.807, 2.05) is 25.1 Å². The number of pyridine rings is 1. The van der Waals surface area contributed by atoms with Crippen molar-refractivity contribution in [3.8, 4) is 0 Å². The van der Waals surface area contributed by atoms with Crippen LogP contribution in [-0.4, -0.2) is 11.5 Å². The molecule has 0 fully saturated rings. The number of aromatic nitrogens is 1. The summed E-state index contributed by atoms with van der Waals surface area (Å²) < 4.78 is 0. The smallest absolute Gasteiger partial charge is 0.0438 e. The minimum atomic E-state index is 0.248. The van der Waals surface area contributed by atoms with E-state index in [4.69, 9.17) is 11.6 Å². The molecule has 1 N–H and O–H groups in total. The molecule has 1 unspecified atom stereocenters. The van der Waals surface area contributed by atoms with Crippen molar-refractivity contribution in [2.75, 3.05) is 6.54 Å². The van der Waals surface area contributed by atoms with Crippen LogP contribution >= 0.6 is 11.6 Å². The number of hydrogen-bond donors (Lipinski definition) is 1. The van der Waals surface area contributed by atoms with Crippen molar-refractivity contribution in [1.29, 1.82) is 0 Å². The second-order valence-electron chi connectivity index (χ2n) is 5.43. The lowest BCUT2D eigenvalue weighted by Gasteiger charge is -2.21. The number of benzene rings is 1. The zero-order chi connectivity index (χ0) is 15.2. The first kappa shape index (κ1) is 16.0. The van der Waals surface area contributed by atoms with E-state index in [2.05, 4.69) is 42.3 Å². The van der Waals surface area contributed by atoms with Gasteiger partial charge in [-0.05, 0) is 56.5 Å². The highest BCUT2D eigenvalue weighted by molar-refractivity contribution is 6.31. The highest BCUT2D eigenvalue weighted by Gasteiger charge is 2.16. The fourth-order valence-electron chi connectivity index (χ4n) is 2.56. The Labute approximate surface area is 132 Å². The van der Waals surface area contributed by atoms with Gasteiger partial charge in [-0.3, -0.25) is 4.98 Å². The monoisotopic (exact) mass is 302 g/mol. The minimum absolute atomic E-state index is 0.248. The van der Waals surface area contributed by atoms with Gasteiger partial charge in [-0.2, -0.15) is 0 Å². The zero-order valence-corrected chi connectivity index (χ0v) is 13.7. The Kier molecular flexibility index (Phi) is 5.77. The molecule has 0 aliphatic rings. The first-order chi connectivity index (χ1) is 10.1. The van der Waals surface area contributed by atoms with Gasteiger partial charge in [0, 0.05) is 22.5 Å². The summed E-state index contributed by atoms with van der Waals surface area (Å²) in [7, 11) is 0. The molecule has 0 amide bonds. The SMILES string of the molecule is CCCNC(Cc1ccccc1Cl)c1ccc(C)nc1C. The first-order valence-corrected chi connectivity index (χ1v) is 7.90. The molecule has 1 heterocycles. The van der Waals surface area contributed by atoms with Crippen molar-refractivity contribution in [3.05, 3.63) is 63.9 Å². The second-order valence-corrected chi connectivity index (χ2v) is 5.84. The largest absolute Gasteiger partial charge is 0.310 e. The van der Waals surface area contributed by atoms with E-state index >= 15 is 0 Å². The van der Waals surface area contributed by atoms with E-state index in [1.54, 1.807) is 0 Å². The van der Waals surface area contributed by atoms with Gasteiger partial charge in [0.2, 0.25) is 0 Å². The summed E-state index contributed by atoms with van der Waals surface area (Å²) in [5.41, 5.74) is 4.58. The first-order valence-electron chi connectivity index (χ1n) is 7.52. The van der Waals surface area contributed by atoms with Gasteiger partial charge < -0.3 is 5.32 Å². The predicted molar refractivity (Wildman–Crippen MR) is 89.9 cm³/mol. The summed E-state index contributed by atoms with van der Waals surface area (Å²) in [6.45, 7) is 7.27. The van der Waals surface area contributed by atoms with Crippen LogP contribution in [0.5, 0.6) is 0 Å². The van der Waals surface area contributed by atoms with Gasteiger partial charge in [-0.25, -0.2) is 0 Å². The van der Waals surface area contributed by atoms with Crippen LogP contribution in [0.15, 0.2) is 36.4 Å². The summed E-state index contributed by atoms with van der Waals surface area (Å²) in [6.07, 6.45) is 1.99. The molecule has 21 heavy (non-hydrogen) atoms. The normalized spacial score (nSPS) is 12.4. The summed E-state index contributed by atoms with van der Waals surface area (Å²) in [5, 5.41) is 4.46. The van der Waals surface area contributed by atoms with Crippen molar-refractivity contribution in [2.24, 2.45) is 0 Å². The molecule has 0 aliphatic carbocycles. The maximum absolute atomic E-state index is 6.31. The Morgan fingerprint density at radius 1 is 1.14 bits per heavy atom. The molecule has 0 bridgehead atoms. The number of hydrogen-bond acceptors (Lipinski definition) is 2. The molecule has 1 atom stereocenters. The molecule has 2 nitrogen and oxygen atoms in total. The summed E-state index contributed by atoms with van der Waals surface area (Å²) >= 11 is 6.31. The van der Waals surface area contributed by atoms with E-state index in [-0.39, 0.29) is 6.04 Å². The fourth-order valence-corrected chi connectivity index (χ4v) is 2.77. The molecule has 0 aliphatic heterocycles. The molecular weight excluding hydrogens is 280 g/mol. The number of nitrogens with zero attached hydrogens (tertiary/aromatic N) is 1. The Bertz CT molecular complexity index is 596. The molecular formula is C18H23ClN2. The third kappa shape index (κ3) is 4.29. The van der Waals surface area contributed by atoms with Crippen LogP contribution in [-0.2, 0) is 6.42 Å². The standard InChI is InChI=1S/C18H23ClN2/c1-4-11-20-18(12-15-7-5-6-8-17(15)19)16-10-9-13(2)21-14(16)3/h5-10,18,20H,4,11-12H2,1-3H3. The lowest BCUT2D eigenvalue weighted by atomic mass is 9.97. The molecule has 2 aromatic rings. The Morgan fingerprint density at radius 2 is 1.90 bits per heavy atom. The molecule has 2 rings (SSSR count). The van der Waals surface area contributed by atoms with Gasteiger partial charge in [-0.1, -0.05) is 42.8 Å². The van der Waals surface area contributed by atoms with Crippen molar-refractivity contribution in [3.63, 3.8) is 0 Å². The van der Waals surface area contributed by atoms with Crippen molar-refractivity contribution in [2.45, 2.75) is 39.7 Å². The Morgan fingerprint density at radius 3 is 2.57 bits per heavy atom. The fraction of sp³-hybridized carbons (Fsp3) is 0.389. The average molecular weight is 303 g/mol. The maximum atomic E-state index is 6.31. The van der Waals surface area contributed by atoms with Gasteiger partial charge in [0.1, 0.15) is 0 Å². The average Bonchev–Trinajstić information content (AvgIpc) is 2.46. The quantitative estimate of drug-likeness (QED) is 0.841. The van der Waals surface area contributed by atoms with Crippen LogP contribution in [0, 0.1) is 13.8 Å². The summed E-state index contributed by atoms with van der Waals surface area (Å²) in [6, 6.07) is 12.6. The second kappa shape index (κ2) is 7.58. The molecule has 0 saturated carbocycles. The van der Waals surface area contributed by atoms with Gasteiger partial charge in [-0.15, -0.1) is 0 Å². The van der Waals surface area contributed by atoms with Gasteiger partial charge >= 0.3 is 0 Å². The van der Waals surface area contributed by atoms with E-state index in [1.165, 1.54) is 11.1 Å². The lowest BCUT2D eigenvalue weighted by molar-refractivity contribution is 0.525. The van der Waals surface area contributed by atoms with E-state index < -0.39 is 0 Å². The highest BCUT2D eigenvalue weighted by atomic mass is 35.5. The molecule has 112 valence electrons. The van der Waals surface area contributed by atoms with Crippen molar-refractivity contribution in [1.82, 2.24) is 10.3 Å².